The summed E-state index contributed by atoms with van der Waals surface area (Å²) in [4.78, 5) is 32.3. The van der Waals surface area contributed by atoms with Gasteiger partial charge in [-0.05, 0) is 30.9 Å². The van der Waals surface area contributed by atoms with Gasteiger partial charge in [0.2, 0.25) is 11.8 Å². The Balaban J connectivity index is 1.84. The molecule has 1 aliphatic rings. The Labute approximate surface area is 143 Å². The number of ether oxygens (including phenoxy) is 1. The average Bonchev–Trinajstić information content (AvgIpc) is 2.62. The summed E-state index contributed by atoms with van der Waals surface area (Å²) < 4.78 is 4.88. The van der Waals surface area contributed by atoms with Crippen molar-refractivity contribution in [2.75, 3.05) is 33.9 Å². The number of aryl methyl sites for hydroxylation is 1. The van der Waals surface area contributed by atoms with E-state index >= 15 is 0 Å². The third kappa shape index (κ3) is 4.77. The first kappa shape index (κ1) is 18.4. The fourth-order valence-electron chi connectivity index (χ4n) is 2.98. The summed E-state index contributed by atoms with van der Waals surface area (Å²) in [6, 6.07) is 4.04. The van der Waals surface area contributed by atoms with Crippen LogP contribution in [-0.2, 0) is 27.3 Å². The van der Waals surface area contributed by atoms with E-state index in [0.29, 0.717) is 32.5 Å². The van der Waals surface area contributed by atoms with Gasteiger partial charge in [0, 0.05) is 39.4 Å². The Morgan fingerprint density at radius 2 is 2.04 bits per heavy atom. The molecule has 0 spiro atoms. The van der Waals surface area contributed by atoms with E-state index < -0.39 is 0 Å². The number of nitrogens with zero attached hydrogens (tertiary/aromatic N) is 3. The Bertz CT molecular complexity index is 551. The fraction of sp³-hybridized carbons (Fsp3) is 0.611. The van der Waals surface area contributed by atoms with E-state index in [1.54, 1.807) is 9.80 Å². The van der Waals surface area contributed by atoms with Crippen LogP contribution in [-0.4, -0.2) is 60.5 Å². The molecule has 0 bridgehead atoms. The lowest BCUT2D eigenvalue weighted by atomic mass is 9.95. The molecular weight excluding hydrogens is 306 g/mol. The lowest BCUT2D eigenvalue weighted by Gasteiger charge is -2.33. The van der Waals surface area contributed by atoms with Crippen LogP contribution < -0.4 is 0 Å². The fourth-order valence-corrected chi connectivity index (χ4v) is 2.98. The highest BCUT2D eigenvalue weighted by Crippen LogP contribution is 2.20. The third-order valence-corrected chi connectivity index (χ3v) is 4.53. The zero-order valence-corrected chi connectivity index (χ0v) is 14.8. The third-order valence-electron chi connectivity index (χ3n) is 4.53. The van der Waals surface area contributed by atoms with Crippen molar-refractivity contribution in [2.24, 2.45) is 5.92 Å². The van der Waals surface area contributed by atoms with Crippen LogP contribution in [0.4, 0.5) is 0 Å². The van der Waals surface area contributed by atoms with Crippen LogP contribution in [0.1, 0.15) is 31.0 Å². The summed E-state index contributed by atoms with van der Waals surface area (Å²) in [6.45, 7) is 3.96. The minimum absolute atomic E-state index is 0.00281. The van der Waals surface area contributed by atoms with Gasteiger partial charge in [0.1, 0.15) is 6.61 Å². The van der Waals surface area contributed by atoms with Crippen molar-refractivity contribution in [3.05, 3.63) is 29.6 Å². The molecule has 1 aromatic rings. The van der Waals surface area contributed by atoms with Crippen LogP contribution in [0.2, 0.25) is 0 Å². The second-order valence-electron chi connectivity index (χ2n) is 6.29. The topological polar surface area (TPSA) is 62.7 Å². The van der Waals surface area contributed by atoms with Crippen LogP contribution in [0, 0.1) is 5.92 Å². The molecule has 0 aliphatic carbocycles. The first-order chi connectivity index (χ1) is 11.5. The molecule has 0 radical (unpaired) electrons. The first-order valence-corrected chi connectivity index (χ1v) is 8.50. The highest BCUT2D eigenvalue weighted by atomic mass is 16.5. The quantitative estimate of drug-likeness (QED) is 0.791. The van der Waals surface area contributed by atoms with Crippen LogP contribution >= 0.6 is 0 Å². The van der Waals surface area contributed by atoms with Gasteiger partial charge >= 0.3 is 0 Å². The van der Waals surface area contributed by atoms with Crippen molar-refractivity contribution in [3.8, 4) is 0 Å². The summed E-state index contributed by atoms with van der Waals surface area (Å²) in [6.07, 6.45) is 4.25. The second-order valence-corrected chi connectivity index (χ2v) is 6.29. The summed E-state index contributed by atoms with van der Waals surface area (Å²) in [5.74, 6) is 0.115. The highest BCUT2D eigenvalue weighted by Gasteiger charge is 2.29. The summed E-state index contributed by atoms with van der Waals surface area (Å²) >= 11 is 0. The van der Waals surface area contributed by atoms with Crippen LogP contribution in [0.5, 0.6) is 0 Å². The van der Waals surface area contributed by atoms with Crippen molar-refractivity contribution < 1.29 is 14.3 Å². The summed E-state index contributed by atoms with van der Waals surface area (Å²) in [5.41, 5.74) is 2.09. The predicted molar refractivity (Wildman–Crippen MR) is 91.3 cm³/mol. The van der Waals surface area contributed by atoms with E-state index in [9.17, 15) is 9.59 Å². The molecule has 2 rings (SSSR count). The number of piperidine rings is 1. The van der Waals surface area contributed by atoms with Gasteiger partial charge in [-0.25, -0.2) is 0 Å². The van der Waals surface area contributed by atoms with Crippen molar-refractivity contribution in [2.45, 2.75) is 32.7 Å². The molecule has 1 aromatic heterocycles. The molecule has 0 unspecified atom stereocenters. The minimum Gasteiger partial charge on any atom is -0.375 e. The number of rotatable bonds is 6. The summed E-state index contributed by atoms with van der Waals surface area (Å²) in [5, 5.41) is 0. The number of aromatic nitrogens is 1. The van der Waals surface area contributed by atoms with Gasteiger partial charge in [-0.15, -0.1) is 0 Å². The standard InChI is InChI=1S/C18H27N3O3/c1-4-14-5-6-16(19-11-14)12-20(2)18(23)15-7-9-21(10-8-15)17(22)13-24-3/h5-6,11,15H,4,7-10,12-13H2,1-3H3. The molecule has 0 N–H and O–H groups in total. The maximum absolute atomic E-state index is 12.6. The van der Waals surface area contributed by atoms with Crippen LogP contribution in [0.3, 0.4) is 0 Å². The van der Waals surface area contributed by atoms with Gasteiger partial charge in [-0.1, -0.05) is 13.0 Å². The molecule has 1 saturated heterocycles. The van der Waals surface area contributed by atoms with E-state index in [1.165, 1.54) is 12.7 Å². The van der Waals surface area contributed by atoms with E-state index in [4.69, 9.17) is 4.74 Å². The molecule has 2 heterocycles. The summed E-state index contributed by atoms with van der Waals surface area (Å²) in [7, 11) is 3.34. The lowest BCUT2D eigenvalue weighted by Crippen LogP contribution is -2.44. The SMILES string of the molecule is CCc1ccc(CN(C)C(=O)C2CCN(C(=O)COC)CC2)nc1. The van der Waals surface area contributed by atoms with Crippen molar-refractivity contribution in [1.82, 2.24) is 14.8 Å². The Hall–Kier alpha value is -1.95. The number of methoxy groups -OCH3 is 1. The molecule has 132 valence electrons. The average molecular weight is 333 g/mol. The minimum atomic E-state index is -0.0171. The second kappa shape index (κ2) is 8.78. The number of carbonyl (C=O) groups excluding carboxylic acids is 2. The zero-order valence-electron chi connectivity index (χ0n) is 14.8. The molecule has 0 atom stereocenters. The van der Waals surface area contributed by atoms with E-state index in [1.807, 2.05) is 19.3 Å². The normalized spacial score (nSPS) is 15.4. The van der Waals surface area contributed by atoms with Crippen molar-refractivity contribution in [1.29, 1.82) is 0 Å². The van der Waals surface area contributed by atoms with E-state index in [2.05, 4.69) is 18.0 Å². The van der Waals surface area contributed by atoms with Crippen LogP contribution in [0.15, 0.2) is 18.3 Å². The highest BCUT2D eigenvalue weighted by molar-refractivity contribution is 5.80. The zero-order chi connectivity index (χ0) is 17.5. The molecule has 24 heavy (non-hydrogen) atoms. The smallest absolute Gasteiger partial charge is 0.248 e. The number of carbonyl (C=O) groups is 2. The van der Waals surface area contributed by atoms with Gasteiger partial charge in [0.15, 0.2) is 0 Å². The number of pyridine rings is 1. The van der Waals surface area contributed by atoms with E-state index in [-0.39, 0.29) is 24.3 Å². The van der Waals surface area contributed by atoms with Gasteiger partial charge in [0.25, 0.3) is 0 Å². The first-order valence-electron chi connectivity index (χ1n) is 8.50. The molecule has 6 nitrogen and oxygen atoms in total. The van der Waals surface area contributed by atoms with Gasteiger partial charge in [-0.2, -0.15) is 0 Å². The molecule has 6 heteroatoms. The maximum atomic E-state index is 12.6. The number of hydrogen-bond acceptors (Lipinski definition) is 4. The van der Waals surface area contributed by atoms with Gasteiger partial charge in [-0.3, -0.25) is 14.6 Å². The molecule has 0 saturated carbocycles. The molecule has 2 amide bonds. The Kier molecular flexibility index (Phi) is 6.73. The van der Waals surface area contributed by atoms with Crippen molar-refractivity contribution in [3.63, 3.8) is 0 Å². The van der Waals surface area contributed by atoms with Gasteiger partial charge < -0.3 is 14.5 Å². The largest absolute Gasteiger partial charge is 0.375 e. The predicted octanol–water partition coefficient (Wildman–Crippen LogP) is 1.49. The molecule has 1 fully saturated rings. The molecule has 1 aliphatic heterocycles. The number of amides is 2. The Morgan fingerprint density at radius 3 is 2.58 bits per heavy atom. The monoisotopic (exact) mass is 333 g/mol. The molecular formula is C18H27N3O3. The van der Waals surface area contributed by atoms with Gasteiger partial charge in [0.05, 0.1) is 12.2 Å². The number of hydrogen-bond donors (Lipinski definition) is 0. The lowest BCUT2D eigenvalue weighted by molar-refractivity contribution is -0.142. The van der Waals surface area contributed by atoms with Crippen LogP contribution in [0.25, 0.3) is 0 Å². The van der Waals surface area contributed by atoms with Crippen molar-refractivity contribution >= 4 is 11.8 Å². The maximum Gasteiger partial charge on any atom is 0.248 e. The Morgan fingerprint density at radius 1 is 1.33 bits per heavy atom. The molecule has 0 aromatic carbocycles. The van der Waals surface area contributed by atoms with E-state index in [0.717, 1.165) is 12.1 Å². The number of likely N-dealkylation sites (tertiary alicyclic amines) is 1.